The number of rotatable bonds is 4. The fourth-order valence-corrected chi connectivity index (χ4v) is 0.0577. The maximum absolute atomic E-state index is 9.25. The fourth-order valence-electron chi connectivity index (χ4n) is 0.0577. The van der Waals surface area contributed by atoms with Gasteiger partial charge in [0.15, 0.2) is 0 Å². The second-order valence-corrected chi connectivity index (χ2v) is 2.03. The van der Waals surface area contributed by atoms with Crippen LogP contribution in [0.2, 0.25) is 0 Å². The molecule has 0 radical (unpaired) electrons. The molecule has 0 saturated heterocycles. The molecule has 0 bridgehead atoms. The van der Waals surface area contributed by atoms with Gasteiger partial charge in [-0.15, -0.1) is 6.58 Å². The van der Waals surface area contributed by atoms with E-state index in [-0.39, 0.29) is 19.8 Å². The highest BCUT2D eigenvalue weighted by Crippen LogP contribution is 1.71. The molecule has 5 N–H and O–H groups in total. The molecule has 0 amide bonds. The zero-order chi connectivity index (χ0) is 12.7. The van der Waals surface area contributed by atoms with Crippen molar-refractivity contribution in [3.05, 3.63) is 25.3 Å². The average molecular weight is 222 g/mol. The van der Waals surface area contributed by atoms with E-state index in [2.05, 4.69) is 13.2 Å². The van der Waals surface area contributed by atoms with Gasteiger partial charge < -0.3 is 25.5 Å². The van der Waals surface area contributed by atoms with Crippen LogP contribution in [0.15, 0.2) is 25.3 Å². The summed E-state index contributed by atoms with van der Waals surface area (Å²) in [6, 6.07) is 0. The van der Waals surface area contributed by atoms with Crippen LogP contribution in [0.4, 0.5) is 0 Å². The summed E-state index contributed by atoms with van der Waals surface area (Å²) in [5, 5.41) is 39.4. The van der Waals surface area contributed by atoms with Gasteiger partial charge in [0.1, 0.15) is 6.10 Å². The number of carbonyl (C=O) groups is 1. The highest BCUT2D eigenvalue weighted by molar-refractivity contribution is 5.78. The molecule has 15 heavy (non-hydrogen) atoms. The molecule has 6 heteroatoms. The van der Waals surface area contributed by atoms with Crippen molar-refractivity contribution in [2.24, 2.45) is 0 Å². The first-order chi connectivity index (χ1) is 6.99. The highest BCUT2D eigenvalue weighted by atomic mass is 16.4. The monoisotopic (exact) mass is 222 g/mol. The molecule has 0 aliphatic carbocycles. The molecule has 0 aliphatic heterocycles. The van der Waals surface area contributed by atoms with Gasteiger partial charge in [-0.25, -0.2) is 4.79 Å². The topological polar surface area (TPSA) is 118 Å². The van der Waals surface area contributed by atoms with Crippen molar-refractivity contribution in [1.29, 1.82) is 0 Å². The Bertz CT molecular complexity index is 153. The molecule has 0 atom stereocenters. The normalized spacial score (nSPS) is 7.80. The predicted molar refractivity (Wildman–Crippen MR) is 55.3 cm³/mol. The second-order valence-electron chi connectivity index (χ2n) is 2.03. The molecule has 90 valence electrons. The molecule has 0 aliphatic rings. The molecule has 0 unspecified atom stereocenters. The third-order valence-corrected chi connectivity index (χ3v) is 0.725. The maximum Gasteiger partial charge on any atom is 0.327 e. The molecule has 0 aromatic rings. The van der Waals surface area contributed by atoms with Crippen molar-refractivity contribution in [3.8, 4) is 0 Å². The molecular weight excluding hydrogens is 204 g/mol. The molecule has 0 aromatic heterocycles. The summed E-state index contributed by atoms with van der Waals surface area (Å²) < 4.78 is 0. The maximum atomic E-state index is 9.25. The molecular formula is C9H18O6. The summed E-state index contributed by atoms with van der Waals surface area (Å²) in [4.78, 5) is 9.25. The van der Waals surface area contributed by atoms with Gasteiger partial charge in [-0.05, 0) is 0 Å². The number of hydrogen-bond acceptors (Lipinski definition) is 5. The third-order valence-electron chi connectivity index (χ3n) is 0.725. The lowest BCUT2D eigenvalue weighted by atomic mass is 10.4. The zero-order valence-corrected chi connectivity index (χ0v) is 8.41. The van der Waals surface area contributed by atoms with E-state index >= 15 is 0 Å². The lowest BCUT2D eigenvalue weighted by Crippen LogP contribution is -2.15. The number of aliphatic hydroxyl groups is 4. The quantitative estimate of drug-likeness (QED) is 0.300. The van der Waals surface area contributed by atoms with Gasteiger partial charge in [0.2, 0.25) is 0 Å². The Kier molecular flexibility index (Phi) is 24.0. The van der Waals surface area contributed by atoms with Gasteiger partial charge in [-0.3, -0.25) is 0 Å². The first-order valence-electron chi connectivity index (χ1n) is 3.96. The summed E-state index contributed by atoms with van der Waals surface area (Å²) >= 11 is 0. The van der Waals surface area contributed by atoms with Gasteiger partial charge in [0.05, 0.1) is 19.8 Å². The Hall–Kier alpha value is -1.21. The van der Waals surface area contributed by atoms with Crippen LogP contribution in [-0.2, 0) is 4.79 Å². The summed E-state index contributed by atoms with van der Waals surface area (Å²) in [5.41, 5.74) is 0. The van der Waals surface area contributed by atoms with Crippen molar-refractivity contribution in [2.45, 2.75) is 6.10 Å². The van der Waals surface area contributed by atoms with E-state index in [1.807, 2.05) is 0 Å². The fraction of sp³-hybridized carbons (Fsp3) is 0.444. The van der Waals surface area contributed by atoms with E-state index in [0.717, 1.165) is 6.08 Å². The van der Waals surface area contributed by atoms with Crippen molar-refractivity contribution < 1.29 is 30.3 Å². The van der Waals surface area contributed by atoms with E-state index < -0.39 is 12.1 Å². The third kappa shape index (κ3) is 44.4. The minimum absolute atomic E-state index is 0.0833. The van der Waals surface area contributed by atoms with Gasteiger partial charge in [-0.1, -0.05) is 12.7 Å². The zero-order valence-electron chi connectivity index (χ0n) is 8.41. The van der Waals surface area contributed by atoms with Crippen molar-refractivity contribution in [3.63, 3.8) is 0 Å². The Morgan fingerprint density at radius 2 is 1.47 bits per heavy atom. The number of aliphatic carboxylic acids is 1. The Balaban J connectivity index is -0.000000147. The molecule has 0 spiro atoms. The molecule has 0 fully saturated rings. The van der Waals surface area contributed by atoms with Crippen LogP contribution < -0.4 is 0 Å². The molecule has 0 saturated carbocycles. The van der Waals surface area contributed by atoms with E-state index in [1.165, 1.54) is 6.08 Å². The largest absolute Gasteiger partial charge is 0.478 e. The van der Waals surface area contributed by atoms with Crippen LogP contribution in [0, 0.1) is 0 Å². The van der Waals surface area contributed by atoms with E-state index in [9.17, 15) is 4.79 Å². The van der Waals surface area contributed by atoms with Gasteiger partial charge in [0, 0.05) is 6.08 Å². The summed E-state index contributed by atoms with van der Waals surface area (Å²) in [6.07, 6.45) is 1.31. The standard InChI is InChI=1S/C3H8O3.C3H4O2.C3H6O/c4-1-3(6)2-5;1-2-3(4)5;1-2-3-4/h3-6H,1-2H2;2H,1H2,(H,4,5);2,4H,1,3H2. The Labute approximate surface area is 88.4 Å². The van der Waals surface area contributed by atoms with Gasteiger partial charge >= 0.3 is 5.97 Å². The van der Waals surface area contributed by atoms with Gasteiger partial charge in [0.25, 0.3) is 0 Å². The van der Waals surface area contributed by atoms with Crippen LogP contribution in [0.1, 0.15) is 0 Å². The second kappa shape index (κ2) is 18.5. The summed E-state index contributed by atoms with van der Waals surface area (Å²) in [7, 11) is 0. The van der Waals surface area contributed by atoms with Crippen molar-refractivity contribution in [2.75, 3.05) is 19.8 Å². The predicted octanol–water partition coefficient (Wildman–Crippen LogP) is -1.25. The van der Waals surface area contributed by atoms with Crippen molar-refractivity contribution in [1.82, 2.24) is 0 Å². The van der Waals surface area contributed by atoms with Crippen LogP contribution >= 0.6 is 0 Å². The Morgan fingerprint density at radius 3 is 1.47 bits per heavy atom. The van der Waals surface area contributed by atoms with Crippen molar-refractivity contribution >= 4 is 5.97 Å². The van der Waals surface area contributed by atoms with Crippen LogP contribution in [0.5, 0.6) is 0 Å². The first-order valence-corrected chi connectivity index (χ1v) is 3.96. The van der Waals surface area contributed by atoms with Crippen LogP contribution in [0.3, 0.4) is 0 Å². The average Bonchev–Trinajstić information content (AvgIpc) is 2.28. The molecule has 0 rings (SSSR count). The van der Waals surface area contributed by atoms with Crippen LogP contribution in [-0.4, -0.2) is 57.4 Å². The summed E-state index contributed by atoms with van der Waals surface area (Å²) in [5.74, 6) is -0.981. The van der Waals surface area contributed by atoms with Crippen LogP contribution in [0.25, 0.3) is 0 Å². The number of carboxylic acid groups (broad SMARTS) is 1. The highest BCUT2D eigenvalue weighted by Gasteiger charge is 1.93. The lowest BCUT2D eigenvalue weighted by Gasteiger charge is -1.96. The molecule has 6 nitrogen and oxygen atoms in total. The first kappa shape index (κ1) is 19.4. The Morgan fingerprint density at radius 1 is 1.20 bits per heavy atom. The number of hydrogen-bond donors (Lipinski definition) is 5. The minimum atomic E-state index is -0.981. The van der Waals surface area contributed by atoms with E-state index in [0.29, 0.717) is 0 Å². The lowest BCUT2D eigenvalue weighted by molar-refractivity contribution is -0.131. The van der Waals surface area contributed by atoms with E-state index in [4.69, 9.17) is 25.5 Å². The number of aliphatic hydroxyl groups excluding tert-OH is 4. The number of carboxylic acids is 1. The smallest absolute Gasteiger partial charge is 0.327 e. The summed E-state index contributed by atoms with van der Waals surface area (Å²) in [6.45, 7) is 5.54. The molecule has 0 heterocycles. The van der Waals surface area contributed by atoms with E-state index in [1.54, 1.807) is 0 Å². The van der Waals surface area contributed by atoms with Gasteiger partial charge in [-0.2, -0.15) is 0 Å². The molecule has 0 aromatic carbocycles. The minimum Gasteiger partial charge on any atom is -0.478 e. The SMILES string of the molecule is C=CC(=O)O.C=CCO.OCC(O)CO.